The highest BCUT2D eigenvalue weighted by Gasteiger charge is 2.02. The van der Waals surface area contributed by atoms with E-state index in [2.05, 4.69) is 41.3 Å². The fraction of sp³-hybridized carbons (Fsp3) is 0.158. The Morgan fingerprint density at radius 3 is 2.74 bits per heavy atom. The average Bonchev–Trinajstić information content (AvgIpc) is 2.56. The smallest absolute Gasteiger partial charge is 0.193 e. The Morgan fingerprint density at radius 2 is 1.91 bits per heavy atom. The van der Waals surface area contributed by atoms with Gasteiger partial charge in [0, 0.05) is 17.3 Å². The van der Waals surface area contributed by atoms with Crippen molar-refractivity contribution < 1.29 is 0 Å². The summed E-state index contributed by atoms with van der Waals surface area (Å²) in [6, 6.07) is 16.2. The molecular formula is C19H20N4. The summed E-state index contributed by atoms with van der Waals surface area (Å²) in [6.45, 7) is 4.66. The first-order valence-electron chi connectivity index (χ1n) is 7.60. The molecule has 0 saturated heterocycles. The van der Waals surface area contributed by atoms with Gasteiger partial charge < -0.3 is 11.1 Å². The van der Waals surface area contributed by atoms with Crippen molar-refractivity contribution in [2.24, 2.45) is 10.7 Å². The van der Waals surface area contributed by atoms with E-state index >= 15 is 0 Å². The molecule has 0 amide bonds. The van der Waals surface area contributed by atoms with Gasteiger partial charge in [0.2, 0.25) is 0 Å². The second-order valence-electron chi connectivity index (χ2n) is 5.62. The van der Waals surface area contributed by atoms with Gasteiger partial charge in [-0.15, -0.1) is 0 Å². The maximum absolute atomic E-state index is 6.00. The number of nitrogens with two attached hydrogens (primary N) is 1. The van der Waals surface area contributed by atoms with Crippen molar-refractivity contribution in [3.05, 3.63) is 71.4 Å². The van der Waals surface area contributed by atoms with E-state index in [1.807, 2.05) is 36.4 Å². The highest BCUT2D eigenvalue weighted by Crippen LogP contribution is 2.17. The molecule has 1 aromatic heterocycles. The maximum atomic E-state index is 6.00. The van der Waals surface area contributed by atoms with Gasteiger partial charge in [0.1, 0.15) is 0 Å². The second kappa shape index (κ2) is 6.48. The molecule has 0 atom stereocenters. The summed E-state index contributed by atoms with van der Waals surface area (Å²) >= 11 is 0. The van der Waals surface area contributed by atoms with Gasteiger partial charge in [-0.05, 0) is 48.7 Å². The van der Waals surface area contributed by atoms with Gasteiger partial charge in [-0.1, -0.05) is 30.3 Å². The molecule has 0 bridgehead atoms. The van der Waals surface area contributed by atoms with Crippen LogP contribution in [-0.4, -0.2) is 10.9 Å². The van der Waals surface area contributed by atoms with Gasteiger partial charge in [0.05, 0.1) is 12.1 Å². The molecule has 116 valence electrons. The van der Waals surface area contributed by atoms with Gasteiger partial charge in [-0.2, -0.15) is 0 Å². The van der Waals surface area contributed by atoms with Crippen LogP contribution in [0.1, 0.15) is 16.7 Å². The highest BCUT2D eigenvalue weighted by molar-refractivity contribution is 5.92. The number of aliphatic imine (C=N–C) groups is 1. The summed E-state index contributed by atoms with van der Waals surface area (Å²) < 4.78 is 0. The van der Waals surface area contributed by atoms with E-state index in [1.165, 1.54) is 11.1 Å². The largest absolute Gasteiger partial charge is 0.370 e. The van der Waals surface area contributed by atoms with Crippen molar-refractivity contribution in [2.75, 3.05) is 5.32 Å². The Hall–Kier alpha value is -2.88. The van der Waals surface area contributed by atoms with Crippen LogP contribution in [0.4, 0.5) is 5.69 Å². The van der Waals surface area contributed by atoms with Crippen molar-refractivity contribution in [3.8, 4) is 0 Å². The van der Waals surface area contributed by atoms with Crippen LogP contribution in [0.2, 0.25) is 0 Å². The van der Waals surface area contributed by atoms with Crippen molar-refractivity contribution in [1.82, 2.24) is 4.98 Å². The molecule has 3 aromatic rings. The van der Waals surface area contributed by atoms with E-state index in [-0.39, 0.29) is 0 Å². The number of hydrogen-bond donors (Lipinski definition) is 2. The average molecular weight is 304 g/mol. The Labute approximate surface area is 136 Å². The number of hydrogen-bond acceptors (Lipinski definition) is 2. The SMILES string of the molecule is Cc1ccc(NC(N)=NCc2cccc3cccnc23)cc1C. The summed E-state index contributed by atoms with van der Waals surface area (Å²) in [5, 5.41) is 4.25. The third-order valence-corrected chi connectivity index (χ3v) is 3.92. The number of benzene rings is 2. The monoisotopic (exact) mass is 304 g/mol. The highest BCUT2D eigenvalue weighted by atomic mass is 15.1. The summed E-state index contributed by atoms with van der Waals surface area (Å²) in [5.74, 6) is 0.404. The molecule has 2 aromatic carbocycles. The topological polar surface area (TPSA) is 63.3 Å². The zero-order valence-corrected chi connectivity index (χ0v) is 13.4. The molecule has 0 spiro atoms. The van der Waals surface area contributed by atoms with Gasteiger partial charge in [-0.3, -0.25) is 4.98 Å². The molecule has 0 aliphatic rings. The van der Waals surface area contributed by atoms with Crippen LogP contribution in [-0.2, 0) is 6.54 Å². The van der Waals surface area contributed by atoms with Crippen LogP contribution in [0.3, 0.4) is 0 Å². The summed E-state index contributed by atoms with van der Waals surface area (Å²) in [5.41, 5.74) is 11.5. The summed E-state index contributed by atoms with van der Waals surface area (Å²) in [4.78, 5) is 8.87. The first-order chi connectivity index (χ1) is 11.1. The second-order valence-corrected chi connectivity index (χ2v) is 5.62. The number of fused-ring (bicyclic) bond motifs is 1. The fourth-order valence-corrected chi connectivity index (χ4v) is 2.47. The zero-order valence-electron chi connectivity index (χ0n) is 13.4. The number of guanidine groups is 1. The molecule has 0 aliphatic heterocycles. The minimum Gasteiger partial charge on any atom is -0.370 e. The first kappa shape index (κ1) is 15.0. The minimum absolute atomic E-state index is 0.404. The molecule has 3 rings (SSSR count). The third kappa shape index (κ3) is 3.48. The van der Waals surface area contributed by atoms with Crippen LogP contribution < -0.4 is 11.1 Å². The zero-order chi connectivity index (χ0) is 16.2. The summed E-state index contributed by atoms with van der Waals surface area (Å²) in [7, 11) is 0. The normalized spacial score (nSPS) is 11.7. The molecule has 4 heteroatoms. The molecular weight excluding hydrogens is 284 g/mol. The predicted molar refractivity (Wildman–Crippen MR) is 96.6 cm³/mol. The Kier molecular flexibility index (Phi) is 4.24. The maximum Gasteiger partial charge on any atom is 0.193 e. The van der Waals surface area contributed by atoms with E-state index in [9.17, 15) is 0 Å². The van der Waals surface area contributed by atoms with Crippen molar-refractivity contribution >= 4 is 22.5 Å². The van der Waals surface area contributed by atoms with Gasteiger partial charge in [-0.25, -0.2) is 4.99 Å². The van der Waals surface area contributed by atoms with E-state index in [4.69, 9.17) is 5.73 Å². The fourth-order valence-electron chi connectivity index (χ4n) is 2.47. The standard InChI is InChI=1S/C19H20N4/c1-13-8-9-17(11-14(13)2)23-19(20)22-12-16-6-3-5-15-7-4-10-21-18(15)16/h3-11H,12H2,1-2H3,(H3,20,22,23). The number of aromatic nitrogens is 1. The number of anilines is 1. The molecule has 4 nitrogen and oxygen atoms in total. The van der Waals surface area contributed by atoms with E-state index in [0.29, 0.717) is 12.5 Å². The number of nitrogens with one attached hydrogen (secondary N) is 1. The molecule has 0 radical (unpaired) electrons. The Bertz CT molecular complexity index is 863. The molecule has 23 heavy (non-hydrogen) atoms. The van der Waals surface area contributed by atoms with Crippen LogP contribution in [0.5, 0.6) is 0 Å². The van der Waals surface area contributed by atoms with Crippen LogP contribution in [0.25, 0.3) is 10.9 Å². The number of para-hydroxylation sites is 1. The number of aryl methyl sites for hydroxylation is 2. The lowest BCUT2D eigenvalue weighted by Crippen LogP contribution is -2.22. The van der Waals surface area contributed by atoms with Crippen molar-refractivity contribution in [1.29, 1.82) is 0 Å². The van der Waals surface area contributed by atoms with Crippen LogP contribution in [0.15, 0.2) is 59.7 Å². The van der Waals surface area contributed by atoms with Crippen molar-refractivity contribution in [3.63, 3.8) is 0 Å². The molecule has 0 fully saturated rings. The van der Waals surface area contributed by atoms with Crippen LogP contribution >= 0.6 is 0 Å². The molecule has 1 heterocycles. The summed E-state index contributed by atoms with van der Waals surface area (Å²) in [6.07, 6.45) is 1.80. The quantitative estimate of drug-likeness (QED) is 0.572. The lowest BCUT2D eigenvalue weighted by molar-refractivity contribution is 1.06. The predicted octanol–water partition coefficient (Wildman–Crippen LogP) is 3.78. The van der Waals surface area contributed by atoms with Gasteiger partial charge >= 0.3 is 0 Å². The molecule has 0 aliphatic carbocycles. The minimum atomic E-state index is 0.404. The Morgan fingerprint density at radius 1 is 1.09 bits per heavy atom. The van der Waals surface area contributed by atoms with Gasteiger partial charge in [0.25, 0.3) is 0 Å². The van der Waals surface area contributed by atoms with E-state index in [0.717, 1.165) is 22.2 Å². The van der Waals surface area contributed by atoms with Crippen LogP contribution in [0, 0.1) is 13.8 Å². The molecule has 0 saturated carbocycles. The van der Waals surface area contributed by atoms with Gasteiger partial charge in [0.15, 0.2) is 5.96 Å². The van der Waals surface area contributed by atoms with E-state index < -0.39 is 0 Å². The number of rotatable bonds is 3. The molecule has 3 N–H and O–H groups in total. The Balaban J connectivity index is 1.77. The molecule has 0 unspecified atom stereocenters. The first-order valence-corrected chi connectivity index (χ1v) is 7.60. The lowest BCUT2D eigenvalue weighted by Gasteiger charge is -2.08. The third-order valence-electron chi connectivity index (χ3n) is 3.92. The number of nitrogens with zero attached hydrogens (tertiary/aromatic N) is 2. The lowest BCUT2D eigenvalue weighted by atomic mass is 10.1. The van der Waals surface area contributed by atoms with E-state index in [1.54, 1.807) is 6.20 Å². The van der Waals surface area contributed by atoms with Crippen molar-refractivity contribution in [2.45, 2.75) is 20.4 Å². The number of pyridine rings is 1.